The minimum Gasteiger partial charge on any atom is -0.376 e. The van der Waals surface area contributed by atoms with Gasteiger partial charge in [0.1, 0.15) is 0 Å². The van der Waals surface area contributed by atoms with Crippen molar-refractivity contribution in [3.05, 3.63) is 17.5 Å². The van der Waals surface area contributed by atoms with E-state index in [1.54, 1.807) is 4.90 Å². The molecule has 1 aromatic heterocycles. The van der Waals surface area contributed by atoms with Crippen LogP contribution < -0.4 is 0 Å². The van der Waals surface area contributed by atoms with Crippen LogP contribution in [-0.2, 0) is 20.4 Å². The van der Waals surface area contributed by atoms with E-state index in [1.165, 1.54) is 0 Å². The average Bonchev–Trinajstić information content (AvgIpc) is 3.05. The third kappa shape index (κ3) is 3.66. The van der Waals surface area contributed by atoms with Gasteiger partial charge < -0.3 is 14.4 Å². The van der Waals surface area contributed by atoms with Crippen LogP contribution in [0.3, 0.4) is 0 Å². The number of rotatable bonds is 2. The molecule has 128 valence electrons. The van der Waals surface area contributed by atoms with Gasteiger partial charge in [0, 0.05) is 24.7 Å². The van der Waals surface area contributed by atoms with Crippen molar-refractivity contribution in [2.45, 2.75) is 31.0 Å². The molecule has 0 spiro atoms. The molecule has 2 aliphatic heterocycles. The lowest BCUT2D eigenvalue weighted by molar-refractivity contribution is -0.159. The lowest BCUT2D eigenvalue weighted by atomic mass is 9.94. The summed E-state index contributed by atoms with van der Waals surface area (Å²) >= 11 is 0. The van der Waals surface area contributed by atoms with Crippen molar-refractivity contribution in [2.24, 2.45) is 0 Å². The standard InChI is InChI=1S/C14H18F3N3O3/c15-14(16,17)12-6-10(18-19-12)9-2-1-3-20(7-9)13(21)11-8-22-4-5-23-11/h6,9,11H,1-5,7-8H2,(H,18,19)/t9-,11+/m0/s1. The van der Waals surface area contributed by atoms with Gasteiger partial charge in [-0.3, -0.25) is 9.89 Å². The summed E-state index contributed by atoms with van der Waals surface area (Å²) in [6.45, 7) is 2.01. The average molecular weight is 333 g/mol. The van der Waals surface area contributed by atoms with Crippen molar-refractivity contribution >= 4 is 5.91 Å². The summed E-state index contributed by atoms with van der Waals surface area (Å²) in [5.74, 6) is -0.342. The number of likely N-dealkylation sites (tertiary alicyclic amines) is 1. The topological polar surface area (TPSA) is 67.5 Å². The maximum absolute atomic E-state index is 12.6. The monoisotopic (exact) mass is 333 g/mol. The molecule has 0 aromatic carbocycles. The van der Waals surface area contributed by atoms with Gasteiger partial charge in [0.25, 0.3) is 5.91 Å². The Labute approximate surface area is 130 Å². The van der Waals surface area contributed by atoms with Gasteiger partial charge in [-0.05, 0) is 18.9 Å². The Morgan fingerprint density at radius 2 is 2.22 bits per heavy atom. The molecule has 1 aromatic rings. The Kier molecular flexibility index (Phi) is 4.58. The molecule has 2 fully saturated rings. The number of hydrogen-bond acceptors (Lipinski definition) is 4. The maximum Gasteiger partial charge on any atom is 0.435 e. The highest BCUT2D eigenvalue weighted by atomic mass is 19.4. The number of nitrogens with zero attached hydrogens (tertiary/aromatic N) is 2. The molecule has 0 radical (unpaired) electrons. The Morgan fingerprint density at radius 3 is 2.87 bits per heavy atom. The van der Waals surface area contributed by atoms with Crippen LogP contribution in [0.4, 0.5) is 13.2 Å². The quantitative estimate of drug-likeness (QED) is 0.892. The number of carbonyl (C=O) groups excluding carboxylic acids is 1. The van der Waals surface area contributed by atoms with Crippen molar-refractivity contribution in [3.8, 4) is 0 Å². The molecular formula is C14H18F3N3O3. The Hall–Kier alpha value is -1.61. The number of piperidine rings is 1. The Morgan fingerprint density at radius 1 is 1.39 bits per heavy atom. The van der Waals surface area contributed by atoms with Gasteiger partial charge in [0.2, 0.25) is 0 Å². The van der Waals surface area contributed by atoms with Crippen molar-refractivity contribution in [3.63, 3.8) is 0 Å². The van der Waals surface area contributed by atoms with Gasteiger partial charge in [-0.1, -0.05) is 0 Å². The summed E-state index contributed by atoms with van der Waals surface area (Å²) in [6.07, 6.45) is -3.64. The van der Waals surface area contributed by atoms with E-state index >= 15 is 0 Å². The summed E-state index contributed by atoms with van der Waals surface area (Å²) < 4.78 is 48.5. The number of hydrogen-bond donors (Lipinski definition) is 1. The molecule has 2 aliphatic rings. The summed E-state index contributed by atoms with van der Waals surface area (Å²) in [5, 5.41) is 5.78. The molecule has 9 heteroatoms. The number of aromatic nitrogens is 2. The number of ether oxygens (including phenoxy) is 2. The van der Waals surface area contributed by atoms with E-state index < -0.39 is 18.0 Å². The zero-order chi connectivity index (χ0) is 16.4. The van der Waals surface area contributed by atoms with E-state index in [9.17, 15) is 18.0 Å². The molecule has 6 nitrogen and oxygen atoms in total. The van der Waals surface area contributed by atoms with Gasteiger partial charge in [-0.25, -0.2) is 0 Å². The lowest BCUT2D eigenvalue weighted by Crippen LogP contribution is -2.48. The van der Waals surface area contributed by atoms with Gasteiger partial charge >= 0.3 is 6.18 Å². The highest BCUT2D eigenvalue weighted by Crippen LogP contribution is 2.32. The van der Waals surface area contributed by atoms with Gasteiger partial charge in [-0.2, -0.15) is 18.3 Å². The van der Waals surface area contributed by atoms with E-state index in [-0.39, 0.29) is 18.4 Å². The van der Waals surface area contributed by atoms with Crippen LogP contribution in [-0.4, -0.2) is 60.0 Å². The first-order valence-corrected chi connectivity index (χ1v) is 7.56. The third-order valence-corrected chi connectivity index (χ3v) is 4.15. The summed E-state index contributed by atoms with van der Waals surface area (Å²) in [6, 6.07) is 1.03. The van der Waals surface area contributed by atoms with Gasteiger partial charge in [-0.15, -0.1) is 0 Å². The fourth-order valence-electron chi connectivity index (χ4n) is 2.96. The first kappa shape index (κ1) is 16.3. The molecule has 0 bridgehead atoms. The molecule has 0 aliphatic carbocycles. The normalized spacial score (nSPS) is 26.3. The summed E-state index contributed by atoms with van der Waals surface area (Å²) in [7, 11) is 0. The molecule has 3 heterocycles. The Bertz CT molecular complexity index is 555. The smallest absolute Gasteiger partial charge is 0.376 e. The first-order valence-electron chi connectivity index (χ1n) is 7.56. The van der Waals surface area contributed by atoms with Crippen LogP contribution >= 0.6 is 0 Å². The van der Waals surface area contributed by atoms with Crippen molar-refractivity contribution in [2.75, 3.05) is 32.9 Å². The van der Waals surface area contributed by atoms with Crippen LogP contribution in [0.25, 0.3) is 0 Å². The van der Waals surface area contributed by atoms with Crippen LogP contribution in [0, 0.1) is 0 Å². The SMILES string of the molecule is O=C([C@H]1COCCO1)N1CCC[C@H](c2cc(C(F)(F)F)n[nH]2)C1. The second-order valence-corrected chi connectivity index (χ2v) is 5.76. The lowest BCUT2D eigenvalue weighted by Gasteiger charge is -2.35. The fourth-order valence-corrected chi connectivity index (χ4v) is 2.96. The summed E-state index contributed by atoms with van der Waals surface area (Å²) in [4.78, 5) is 14.1. The number of alkyl halides is 3. The van der Waals surface area contributed by atoms with E-state index in [0.29, 0.717) is 38.4 Å². The second kappa shape index (κ2) is 6.48. The zero-order valence-corrected chi connectivity index (χ0v) is 12.4. The fraction of sp³-hybridized carbons (Fsp3) is 0.714. The highest BCUT2D eigenvalue weighted by molar-refractivity contribution is 5.81. The molecule has 2 saturated heterocycles. The number of nitrogens with one attached hydrogen (secondary N) is 1. The molecule has 2 atom stereocenters. The number of halogens is 3. The predicted octanol–water partition coefficient (Wildman–Crippen LogP) is 1.55. The molecule has 0 unspecified atom stereocenters. The van der Waals surface area contributed by atoms with Crippen LogP contribution in [0.5, 0.6) is 0 Å². The van der Waals surface area contributed by atoms with Crippen molar-refractivity contribution in [1.82, 2.24) is 15.1 Å². The summed E-state index contributed by atoms with van der Waals surface area (Å²) in [5.41, 5.74) is -0.518. The van der Waals surface area contributed by atoms with E-state index in [4.69, 9.17) is 9.47 Å². The zero-order valence-electron chi connectivity index (χ0n) is 12.4. The molecule has 1 amide bonds. The molecular weight excluding hydrogens is 315 g/mol. The third-order valence-electron chi connectivity index (χ3n) is 4.15. The second-order valence-electron chi connectivity index (χ2n) is 5.76. The maximum atomic E-state index is 12.6. The van der Waals surface area contributed by atoms with E-state index in [1.807, 2.05) is 0 Å². The number of aromatic amines is 1. The van der Waals surface area contributed by atoms with E-state index in [2.05, 4.69) is 10.2 Å². The Balaban J connectivity index is 1.66. The largest absolute Gasteiger partial charge is 0.435 e. The molecule has 23 heavy (non-hydrogen) atoms. The van der Waals surface area contributed by atoms with Crippen LogP contribution in [0.15, 0.2) is 6.07 Å². The predicted molar refractivity (Wildman–Crippen MR) is 72.7 cm³/mol. The van der Waals surface area contributed by atoms with Gasteiger partial charge in [0.15, 0.2) is 11.8 Å². The number of amides is 1. The van der Waals surface area contributed by atoms with Crippen molar-refractivity contribution < 1.29 is 27.4 Å². The van der Waals surface area contributed by atoms with Crippen LogP contribution in [0.1, 0.15) is 30.1 Å². The number of H-pyrrole nitrogens is 1. The first-order chi connectivity index (χ1) is 10.9. The van der Waals surface area contributed by atoms with E-state index in [0.717, 1.165) is 12.5 Å². The highest BCUT2D eigenvalue weighted by Gasteiger charge is 2.36. The minimum atomic E-state index is -4.47. The van der Waals surface area contributed by atoms with Gasteiger partial charge in [0.05, 0.1) is 19.8 Å². The van der Waals surface area contributed by atoms with Crippen LogP contribution in [0.2, 0.25) is 0 Å². The number of carbonyl (C=O) groups is 1. The minimum absolute atomic E-state index is 0.162. The molecule has 1 N–H and O–H groups in total. The molecule has 3 rings (SSSR count). The molecule has 0 saturated carbocycles. The van der Waals surface area contributed by atoms with Crippen molar-refractivity contribution in [1.29, 1.82) is 0 Å².